The predicted octanol–water partition coefficient (Wildman–Crippen LogP) is 1.78. The summed E-state index contributed by atoms with van der Waals surface area (Å²) < 4.78 is 1.03. The SMILES string of the molecule is C=CC[N+]1(C)CCCN(C(=O)CCCCCCCCCCC)CC1.[Br-]. The molecule has 1 fully saturated rings. The lowest BCUT2D eigenvalue weighted by Crippen LogP contribution is -3.00. The first-order valence-electron chi connectivity index (χ1n) is 10.3. The van der Waals surface area contributed by atoms with E-state index in [0.717, 1.165) is 56.5 Å². The van der Waals surface area contributed by atoms with Crippen LogP contribution in [-0.2, 0) is 4.79 Å². The number of amides is 1. The number of hydrogen-bond acceptors (Lipinski definition) is 1. The molecule has 0 aromatic carbocycles. The maximum atomic E-state index is 12.4. The third-order valence-electron chi connectivity index (χ3n) is 5.45. The summed E-state index contributed by atoms with van der Waals surface area (Å²) >= 11 is 0. The number of rotatable bonds is 12. The minimum Gasteiger partial charge on any atom is -1.00 e. The van der Waals surface area contributed by atoms with Crippen LogP contribution in [0.2, 0.25) is 0 Å². The lowest BCUT2D eigenvalue weighted by molar-refractivity contribution is -0.902. The zero-order valence-corrected chi connectivity index (χ0v) is 18.4. The van der Waals surface area contributed by atoms with Gasteiger partial charge in [0.25, 0.3) is 0 Å². The fourth-order valence-electron chi connectivity index (χ4n) is 3.72. The van der Waals surface area contributed by atoms with Gasteiger partial charge in [-0.15, -0.1) is 0 Å². The van der Waals surface area contributed by atoms with E-state index in [1.165, 1.54) is 51.4 Å². The van der Waals surface area contributed by atoms with Crippen LogP contribution in [0.25, 0.3) is 0 Å². The molecular formula is C21H41BrN2O. The molecule has 0 spiro atoms. The Morgan fingerprint density at radius 3 is 2.20 bits per heavy atom. The van der Waals surface area contributed by atoms with Crippen LogP contribution in [0.1, 0.15) is 77.6 Å². The van der Waals surface area contributed by atoms with E-state index < -0.39 is 0 Å². The van der Waals surface area contributed by atoms with Crippen molar-refractivity contribution in [2.24, 2.45) is 0 Å². The molecule has 0 N–H and O–H groups in total. The van der Waals surface area contributed by atoms with Gasteiger partial charge in [0.1, 0.15) is 0 Å². The molecule has 4 heteroatoms. The Balaban J connectivity index is 0.00000576. The molecule has 1 saturated heterocycles. The highest BCUT2D eigenvalue weighted by Gasteiger charge is 2.26. The van der Waals surface area contributed by atoms with E-state index >= 15 is 0 Å². The summed E-state index contributed by atoms with van der Waals surface area (Å²) in [7, 11) is 2.29. The third-order valence-corrected chi connectivity index (χ3v) is 5.45. The fraction of sp³-hybridized carbons (Fsp3) is 0.857. The van der Waals surface area contributed by atoms with Crippen LogP contribution in [-0.4, -0.2) is 55.1 Å². The Morgan fingerprint density at radius 1 is 1.00 bits per heavy atom. The zero-order chi connectivity index (χ0) is 17.7. The summed E-state index contributed by atoms with van der Waals surface area (Å²) in [5.74, 6) is 0.380. The monoisotopic (exact) mass is 416 g/mol. The summed E-state index contributed by atoms with van der Waals surface area (Å²) in [5.41, 5.74) is 0. The van der Waals surface area contributed by atoms with Crippen LogP contribution < -0.4 is 17.0 Å². The Labute approximate surface area is 167 Å². The van der Waals surface area contributed by atoms with E-state index in [0.29, 0.717) is 5.91 Å². The van der Waals surface area contributed by atoms with Gasteiger partial charge >= 0.3 is 0 Å². The lowest BCUT2D eigenvalue weighted by atomic mass is 10.1. The van der Waals surface area contributed by atoms with Gasteiger partial charge in [0, 0.05) is 19.4 Å². The van der Waals surface area contributed by atoms with Crippen LogP contribution in [0.4, 0.5) is 0 Å². The second kappa shape index (κ2) is 14.8. The molecule has 1 unspecified atom stereocenters. The molecule has 1 aliphatic heterocycles. The normalized spacial score (nSPS) is 20.6. The average molecular weight is 417 g/mol. The molecule has 0 bridgehead atoms. The summed E-state index contributed by atoms with van der Waals surface area (Å²) in [6, 6.07) is 0. The second-order valence-corrected chi connectivity index (χ2v) is 7.85. The molecular weight excluding hydrogens is 376 g/mol. The number of carbonyl (C=O) groups is 1. The van der Waals surface area contributed by atoms with Crippen LogP contribution in [0.3, 0.4) is 0 Å². The highest BCUT2D eigenvalue weighted by molar-refractivity contribution is 5.76. The molecule has 0 aliphatic carbocycles. The molecule has 1 heterocycles. The van der Waals surface area contributed by atoms with Crippen LogP contribution >= 0.6 is 0 Å². The van der Waals surface area contributed by atoms with Gasteiger partial charge < -0.3 is 26.4 Å². The average Bonchev–Trinajstić information content (AvgIpc) is 2.75. The van der Waals surface area contributed by atoms with Crippen molar-refractivity contribution < 1.29 is 26.3 Å². The van der Waals surface area contributed by atoms with Gasteiger partial charge in [0.05, 0.1) is 33.2 Å². The summed E-state index contributed by atoms with van der Waals surface area (Å²) in [5, 5.41) is 0. The molecule has 0 aromatic rings. The number of quaternary nitrogens is 1. The van der Waals surface area contributed by atoms with E-state index in [9.17, 15) is 4.79 Å². The van der Waals surface area contributed by atoms with Gasteiger partial charge in [0.15, 0.2) is 0 Å². The predicted molar refractivity (Wildman–Crippen MR) is 104 cm³/mol. The number of halogens is 1. The van der Waals surface area contributed by atoms with Crippen LogP contribution in [0.5, 0.6) is 0 Å². The third kappa shape index (κ3) is 11.1. The molecule has 148 valence electrons. The van der Waals surface area contributed by atoms with Crippen molar-refractivity contribution in [3.8, 4) is 0 Å². The molecule has 3 nitrogen and oxygen atoms in total. The maximum Gasteiger partial charge on any atom is 0.222 e. The second-order valence-electron chi connectivity index (χ2n) is 7.85. The van der Waals surface area contributed by atoms with Crippen molar-refractivity contribution >= 4 is 5.91 Å². The largest absolute Gasteiger partial charge is 1.00 e. The van der Waals surface area contributed by atoms with Crippen molar-refractivity contribution in [2.45, 2.75) is 77.6 Å². The molecule has 1 atom stereocenters. The van der Waals surface area contributed by atoms with Gasteiger partial charge in [-0.1, -0.05) is 64.9 Å². The first kappa shape index (κ1) is 24.7. The van der Waals surface area contributed by atoms with Gasteiger partial charge in [-0.3, -0.25) is 4.79 Å². The number of carbonyl (C=O) groups excluding carboxylic acids is 1. The van der Waals surface area contributed by atoms with E-state index in [2.05, 4.69) is 25.5 Å². The van der Waals surface area contributed by atoms with Crippen molar-refractivity contribution in [3.63, 3.8) is 0 Å². The van der Waals surface area contributed by atoms with E-state index in [1.54, 1.807) is 0 Å². The highest BCUT2D eigenvalue weighted by Crippen LogP contribution is 2.14. The molecule has 0 radical (unpaired) electrons. The standard InChI is InChI=1S/C21H41N2O.BrH/c1-4-6-7-8-9-10-11-12-13-15-21(24)22-16-14-19-23(3,18-5-2)20-17-22;/h5H,2,4,6-20H2,1,3H3;1H/q+1;/p-1. The van der Waals surface area contributed by atoms with E-state index in [4.69, 9.17) is 0 Å². The minimum absolute atomic E-state index is 0. The fourth-order valence-corrected chi connectivity index (χ4v) is 3.72. The van der Waals surface area contributed by atoms with Gasteiger partial charge in [-0.2, -0.15) is 0 Å². The Hall–Kier alpha value is -0.350. The van der Waals surface area contributed by atoms with E-state index in [1.807, 2.05) is 6.08 Å². The maximum absolute atomic E-state index is 12.4. The molecule has 0 saturated carbocycles. The summed E-state index contributed by atoms with van der Waals surface area (Å²) in [4.78, 5) is 14.5. The molecule has 0 aromatic heterocycles. The zero-order valence-electron chi connectivity index (χ0n) is 16.8. The topological polar surface area (TPSA) is 20.3 Å². The lowest BCUT2D eigenvalue weighted by Gasteiger charge is -2.32. The number of likely N-dealkylation sites (N-methyl/N-ethyl adjacent to an activating group) is 1. The van der Waals surface area contributed by atoms with Crippen molar-refractivity contribution in [3.05, 3.63) is 12.7 Å². The molecule has 1 rings (SSSR count). The first-order chi connectivity index (χ1) is 11.6. The van der Waals surface area contributed by atoms with E-state index in [-0.39, 0.29) is 17.0 Å². The van der Waals surface area contributed by atoms with Crippen molar-refractivity contribution in [2.75, 3.05) is 39.8 Å². The molecule has 1 aliphatic rings. The number of nitrogens with zero attached hydrogens (tertiary/aromatic N) is 2. The Kier molecular flexibility index (Phi) is 14.6. The van der Waals surface area contributed by atoms with Gasteiger partial charge in [-0.05, 0) is 12.5 Å². The molecule has 1 amide bonds. The Bertz CT molecular complexity index is 362. The van der Waals surface area contributed by atoms with Crippen LogP contribution in [0, 0.1) is 0 Å². The number of hydrogen-bond donors (Lipinski definition) is 0. The highest BCUT2D eigenvalue weighted by atomic mass is 79.9. The summed E-state index contributed by atoms with van der Waals surface area (Å²) in [6.45, 7) is 11.2. The minimum atomic E-state index is 0. The quantitative estimate of drug-likeness (QED) is 0.269. The number of unbranched alkanes of at least 4 members (excludes halogenated alkanes) is 8. The molecule has 25 heavy (non-hydrogen) atoms. The van der Waals surface area contributed by atoms with Crippen molar-refractivity contribution in [1.29, 1.82) is 0 Å². The van der Waals surface area contributed by atoms with Gasteiger partial charge in [0.2, 0.25) is 5.91 Å². The van der Waals surface area contributed by atoms with Crippen LogP contribution in [0.15, 0.2) is 12.7 Å². The van der Waals surface area contributed by atoms with Crippen molar-refractivity contribution in [1.82, 2.24) is 4.90 Å². The Morgan fingerprint density at radius 2 is 1.60 bits per heavy atom. The van der Waals surface area contributed by atoms with Gasteiger partial charge in [-0.25, -0.2) is 0 Å². The summed E-state index contributed by atoms with van der Waals surface area (Å²) in [6.07, 6.45) is 15.7. The smallest absolute Gasteiger partial charge is 0.222 e. The first-order valence-corrected chi connectivity index (χ1v) is 10.3.